The largest absolute Gasteiger partial charge is 0.365 e. The van der Waals surface area contributed by atoms with Gasteiger partial charge in [-0.05, 0) is 72.6 Å². The molecule has 0 spiro atoms. The highest BCUT2D eigenvalue weighted by Gasteiger charge is 2.32. The maximum Gasteiger partial charge on any atom is 0.246 e. The van der Waals surface area contributed by atoms with Crippen LogP contribution < -0.4 is 11.1 Å². The number of amides is 2. The molecule has 1 fully saturated rings. The van der Waals surface area contributed by atoms with Crippen molar-refractivity contribution in [3.05, 3.63) is 120 Å². The Balaban J connectivity index is 1.59. The quantitative estimate of drug-likeness (QED) is 0.249. The number of hydrogen-bond acceptors (Lipinski definition) is 4. The van der Waals surface area contributed by atoms with E-state index in [1.165, 1.54) is 13.1 Å². The summed E-state index contributed by atoms with van der Waals surface area (Å²) in [5.41, 5.74) is 10.3. The SMILES string of the molecule is C=C([C@@H](Cc1ccc(-c2ccccc2)cc1)N(C)C(=O)/C=C/CC1(N)CCC1)N(C)C(Cc1ccc(F)c(F)c1)C(=O)NC. The fourth-order valence-electron chi connectivity index (χ4n) is 5.56. The lowest BCUT2D eigenvalue weighted by Crippen LogP contribution is -2.50. The lowest BCUT2D eigenvalue weighted by atomic mass is 9.75. The first kappa shape index (κ1) is 32.6. The highest BCUT2D eigenvalue weighted by atomic mass is 19.2. The molecule has 1 unspecified atom stereocenters. The van der Waals surface area contributed by atoms with Crippen molar-refractivity contribution in [1.82, 2.24) is 15.1 Å². The number of nitrogens with two attached hydrogens (primary N) is 1. The second kappa shape index (κ2) is 14.4. The van der Waals surface area contributed by atoms with Crippen LogP contribution in [0.1, 0.15) is 36.8 Å². The topological polar surface area (TPSA) is 78.7 Å². The van der Waals surface area contributed by atoms with Crippen molar-refractivity contribution in [1.29, 1.82) is 0 Å². The summed E-state index contributed by atoms with van der Waals surface area (Å²) >= 11 is 0. The van der Waals surface area contributed by atoms with E-state index in [1.54, 1.807) is 30.0 Å². The molecule has 8 heteroatoms. The molecule has 0 aliphatic heterocycles. The minimum absolute atomic E-state index is 0.112. The zero-order valence-corrected chi connectivity index (χ0v) is 25.7. The van der Waals surface area contributed by atoms with E-state index in [2.05, 4.69) is 11.9 Å². The molecule has 3 N–H and O–H groups in total. The number of rotatable bonds is 13. The van der Waals surface area contributed by atoms with Gasteiger partial charge in [0.2, 0.25) is 11.8 Å². The Morgan fingerprint density at radius 3 is 2.11 bits per heavy atom. The van der Waals surface area contributed by atoms with Gasteiger partial charge in [-0.1, -0.05) is 73.3 Å². The normalized spacial score (nSPS) is 15.2. The molecule has 2 amide bonds. The number of hydrogen-bond donors (Lipinski definition) is 2. The van der Waals surface area contributed by atoms with E-state index in [0.717, 1.165) is 48.1 Å². The Morgan fingerprint density at radius 2 is 1.52 bits per heavy atom. The fraction of sp³-hybridized carbons (Fsp3) is 0.333. The number of nitrogens with zero attached hydrogens (tertiary/aromatic N) is 2. The summed E-state index contributed by atoms with van der Waals surface area (Å²) in [4.78, 5) is 29.9. The van der Waals surface area contributed by atoms with Gasteiger partial charge in [0.25, 0.3) is 0 Å². The second-order valence-electron chi connectivity index (χ2n) is 11.7. The predicted molar refractivity (Wildman–Crippen MR) is 171 cm³/mol. The van der Waals surface area contributed by atoms with Gasteiger partial charge in [-0.15, -0.1) is 0 Å². The average Bonchev–Trinajstić information content (AvgIpc) is 3.02. The number of benzene rings is 3. The molecule has 3 aromatic rings. The van der Waals surface area contributed by atoms with Crippen molar-refractivity contribution in [3.8, 4) is 11.1 Å². The Kier molecular flexibility index (Phi) is 10.7. The molecular weight excluding hydrogens is 558 g/mol. The van der Waals surface area contributed by atoms with Crippen LogP contribution in [0.5, 0.6) is 0 Å². The third-order valence-electron chi connectivity index (χ3n) is 8.71. The summed E-state index contributed by atoms with van der Waals surface area (Å²) in [5, 5.41) is 2.67. The Bertz CT molecular complexity index is 1490. The molecule has 0 radical (unpaired) electrons. The van der Waals surface area contributed by atoms with E-state index in [-0.39, 0.29) is 23.8 Å². The number of likely N-dealkylation sites (N-methyl/N-ethyl adjacent to an activating group) is 3. The van der Waals surface area contributed by atoms with Gasteiger partial charge < -0.3 is 20.9 Å². The zero-order valence-electron chi connectivity index (χ0n) is 25.7. The first-order valence-electron chi connectivity index (χ1n) is 14.9. The number of halogens is 2. The first-order chi connectivity index (χ1) is 21.0. The van der Waals surface area contributed by atoms with Crippen LogP contribution in [0.4, 0.5) is 8.78 Å². The van der Waals surface area contributed by atoms with Gasteiger partial charge in [0.1, 0.15) is 6.04 Å². The second-order valence-corrected chi connectivity index (χ2v) is 11.7. The van der Waals surface area contributed by atoms with Crippen LogP contribution in [-0.2, 0) is 22.4 Å². The highest BCUT2D eigenvalue weighted by Crippen LogP contribution is 2.32. The summed E-state index contributed by atoms with van der Waals surface area (Å²) in [7, 11) is 4.98. The van der Waals surface area contributed by atoms with E-state index in [9.17, 15) is 18.4 Å². The molecule has 0 heterocycles. The van der Waals surface area contributed by atoms with Gasteiger partial charge in [-0.2, -0.15) is 0 Å². The molecule has 0 bridgehead atoms. The van der Waals surface area contributed by atoms with Crippen molar-refractivity contribution in [3.63, 3.8) is 0 Å². The standard InChI is InChI=1S/C36H42F2N4O2/c1-25(41(3)33(35(44)40-2)24-27-15-18-30(37)31(38)22-27)32(42(4)34(43)12-8-19-36(39)20-9-21-36)23-26-13-16-29(17-14-26)28-10-6-5-7-11-28/h5-8,10-18,22,32-33H,1,9,19-21,23-24,39H2,2-4H3,(H,40,44)/b12-8+/t32-,33?/m1/s1. The van der Waals surface area contributed by atoms with Gasteiger partial charge in [-0.3, -0.25) is 9.59 Å². The third-order valence-corrected chi connectivity index (χ3v) is 8.71. The molecule has 1 aliphatic carbocycles. The predicted octanol–water partition coefficient (Wildman–Crippen LogP) is 5.63. The average molecular weight is 601 g/mol. The minimum atomic E-state index is -0.977. The summed E-state index contributed by atoms with van der Waals surface area (Å²) < 4.78 is 27.6. The van der Waals surface area contributed by atoms with Gasteiger partial charge >= 0.3 is 0 Å². The van der Waals surface area contributed by atoms with Crippen LogP contribution in [0.25, 0.3) is 11.1 Å². The van der Waals surface area contributed by atoms with E-state index in [0.29, 0.717) is 24.1 Å². The molecule has 4 rings (SSSR count). The third kappa shape index (κ3) is 7.99. The first-order valence-corrected chi connectivity index (χ1v) is 14.9. The van der Waals surface area contributed by atoms with E-state index in [4.69, 9.17) is 5.73 Å². The molecule has 6 nitrogen and oxygen atoms in total. The van der Waals surface area contributed by atoms with E-state index in [1.807, 2.05) is 60.7 Å². The van der Waals surface area contributed by atoms with Crippen molar-refractivity contribution >= 4 is 11.8 Å². The lowest BCUT2D eigenvalue weighted by Gasteiger charge is -2.38. The summed E-state index contributed by atoms with van der Waals surface area (Å²) in [6.07, 6.45) is 7.59. The van der Waals surface area contributed by atoms with E-state index >= 15 is 0 Å². The van der Waals surface area contributed by atoms with Crippen molar-refractivity contribution in [2.75, 3.05) is 21.1 Å². The molecule has 2 atom stereocenters. The molecule has 0 aromatic heterocycles. The van der Waals surface area contributed by atoms with E-state index < -0.39 is 23.7 Å². The zero-order chi connectivity index (χ0) is 31.9. The van der Waals surface area contributed by atoms with Gasteiger partial charge in [-0.25, -0.2) is 8.78 Å². The summed E-state index contributed by atoms with van der Waals surface area (Å²) in [6.45, 7) is 4.35. The van der Waals surface area contributed by atoms with Crippen LogP contribution in [0.15, 0.2) is 97.2 Å². The molecule has 232 valence electrons. The summed E-state index contributed by atoms with van der Waals surface area (Å²) in [6, 6.07) is 20.5. The van der Waals surface area contributed by atoms with Crippen LogP contribution in [-0.4, -0.2) is 60.4 Å². The fourth-order valence-corrected chi connectivity index (χ4v) is 5.56. The molecular formula is C36H42F2N4O2. The molecule has 1 aliphatic rings. The number of nitrogens with one attached hydrogen (secondary N) is 1. The van der Waals surface area contributed by atoms with Crippen molar-refractivity contribution in [2.45, 2.75) is 56.1 Å². The molecule has 44 heavy (non-hydrogen) atoms. The summed E-state index contributed by atoms with van der Waals surface area (Å²) in [5.74, 6) is -2.44. The monoisotopic (exact) mass is 600 g/mol. The highest BCUT2D eigenvalue weighted by molar-refractivity contribution is 5.88. The molecule has 1 saturated carbocycles. The Hall–Kier alpha value is -4.30. The van der Waals surface area contributed by atoms with Gasteiger partial charge in [0.05, 0.1) is 6.04 Å². The van der Waals surface area contributed by atoms with Gasteiger partial charge in [0, 0.05) is 38.8 Å². The van der Waals surface area contributed by atoms with Crippen LogP contribution in [0.3, 0.4) is 0 Å². The lowest BCUT2D eigenvalue weighted by molar-refractivity contribution is -0.126. The Morgan fingerprint density at radius 1 is 0.909 bits per heavy atom. The van der Waals surface area contributed by atoms with Crippen LogP contribution in [0, 0.1) is 11.6 Å². The molecule has 0 saturated heterocycles. The van der Waals surface area contributed by atoms with Crippen LogP contribution >= 0.6 is 0 Å². The maximum absolute atomic E-state index is 14.0. The molecule has 3 aromatic carbocycles. The maximum atomic E-state index is 14.0. The van der Waals surface area contributed by atoms with Crippen molar-refractivity contribution in [2.24, 2.45) is 5.73 Å². The van der Waals surface area contributed by atoms with Crippen molar-refractivity contribution < 1.29 is 18.4 Å². The van der Waals surface area contributed by atoms with Gasteiger partial charge in [0.15, 0.2) is 11.6 Å². The smallest absolute Gasteiger partial charge is 0.246 e. The minimum Gasteiger partial charge on any atom is -0.365 e. The number of carbonyl (C=O) groups is 2. The number of carbonyl (C=O) groups excluding carboxylic acids is 2. The van der Waals surface area contributed by atoms with Crippen LogP contribution in [0.2, 0.25) is 0 Å². The Labute approximate surface area is 259 Å².